The lowest BCUT2D eigenvalue weighted by atomic mass is 9.80. The highest BCUT2D eigenvalue weighted by Crippen LogP contribution is 2.31. The van der Waals surface area contributed by atoms with Crippen molar-refractivity contribution >= 4 is 11.7 Å². The van der Waals surface area contributed by atoms with E-state index in [1.807, 2.05) is 19.0 Å². The number of nitrogens with zero attached hydrogens (tertiary/aromatic N) is 2. The minimum Gasteiger partial charge on any atom is -0.396 e. The third-order valence-electron chi connectivity index (χ3n) is 4.45. The summed E-state index contributed by atoms with van der Waals surface area (Å²) in [4.78, 5) is 28.2. The van der Waals surface area contributed by atoms with Gasteiger partial charge in [0.15, 0.2) is 5.78 Å². The number of ketones is 1. The Labute approximate surface area is 137 Å². The predicted octanol–water partition coefficient (Wildman–Crippen LogP) is 1.67. The number of benzene rings is 1. The number of likely N-dealkylation sites (tertiary alicyclic amines) is 1. The monoisotopic (exact) mass is 318 g/mol. The molecule has 1 N–H and O–H groups in total. The molecule has 1 aromatic carbocycles. The molecule has 1 fully saturated rings. The smallest absolute Gasteiger partial charge is 0.253 e. The number of carbonyl (C=O) groups excluding carboxylic acids is 2. The molecule has 126 valence electrons. The molecule has 2 rings (SSSR count). The van der Waals surface area contributed by atoms with Crippen LogP contribution in [0.5, 0.6) is 0 Å². The molecule has 0 bridgehead atoms. The van der Waals surface area contributed by atoms with Crippen LogP contribution in [0.25, 0.3) is 0 Å². The highest BCUT2D eigenvalue weighted by Gasteiger charge is 2.37. The summed E-state index contributed by atoms with van der Waals surface area (Å²) in [6.45, 7) is 3.56. The molecule has 5 nitrogen and oxygen atoms in total. The summed E-state index contributed by atoms with van der Waals surface area (Å²) < 4.78 is 0. The Hall–Kier alpha value is -1.72. The topological polar surface area (TPSA) is 60.9 Å². The number of aliphatic hydroxyl groups excluding tert-OH is 1. The third kappa shape index (κ3) is 4.18. The fourth-order valence-electron chi connectivity index (χ4n) is 3.41. The molecule has 0 saturated carbocycles. The van der Waals surface area contributed by atoms with Gasteiger partial charge in [-0.15, -0.1) is 0 Å². The van der Waals surface area contributed by atoms with Crippen molar-refractivity contribution in [3.63, 3.8) is 0 Å². The van der Waals surface area contributed by atoms with Crippen molar-refractivity contribution in [3.05, 3.63) is 35.4 Å². The summed E-state index contributed by atoms with van der Waals surface area (Å²) >= 11 is 0. The molecule has 1 unspecified atom stereocenters. The van der Waals surface area contributed by atoms with E-state index in [-0.39, 0.29) is 23.7 Å². The maximum absolute atomic E-state index is 12.8. The van der Waals surface area contributed by atoms with Crippen molar-refractivity contribution in [3.8, 4) is 0 Å². The molecule has 1 aromatic rings. The number of Topliss-reactive ketones (excluding diaryl/α,β-unsaturated/α-hetero) is 1. The molecule has 23 heavy (non-hydrogen) atoms. The van der Waals surface area contributed by atoms with Gasteiger partial charge in [0.25, 0.3) is 5.91 Å². The number of rotatable bonds is 5. The Balaban J connectivity index is 2.19. The van der Waals surface area contributed by atoms with Gasteiger partial charge in [-0.25, -0.2) is 0 Å². The van der Waals surface area contributed by atoms with E-state index in [0.29, 0.717) is 24.2 Å². The number of piperidine rings is 1. The SMILES string of the molecule is CC(=O)c1cccc(C(=O)N2CCCC(CO)(CN(C)C)C2)c1. The van der Waals surface area contributed by atoms with Gasteiger partial charge in [0.05, 0.1) is 6.61 Å². The molecule has 0 aliphatic carbocycles. The highest BCUT2D eigenvalue weighted by molar-refractivity contribution is 5.99. The van der Waals surface area contributed by atoms with Crippen LogP contribution >= 0.6 is 0 Å². The fourth-order valence-corrected chi connectivity index (χ4v) is 3.41. The molecule has 1 aliphatic heterocycles. The summed E-state index contributed by atoms with van der Waals surface area (Å²) in [5.74, 6) is -0.111. The Morgan fingerprint density at radius 2 is 2.00 bits per heavy atom. The Bertz CT molecular complexity index is 585. The van der Waals surface area contributed by atoms with Crippen molar-refractivity contribution in [1.82, 2.24) is 9.80 Å². The van der Waals surface area contributed by atoms with Gasteiger partial charge in [-0.05, 0) is 46.0 Å². The lowest BCUT2D eigenvalue weighted by molar-refractivity contribution is 0.0138. The number of amides is 1. The third-order valence-corrected chi connectivity index (χ3v) is 4.45. The van der Waals surface area contributed by atoms with Crippen LogP contribution in [0.3, 0.4) is 0 Å². The summed E-state index contributed by atoms with van der Waals surface area (Å²) in [6, 6.07) is 6.87. The van der Waals surface area contributed by atoms with Crippen LogP contribution in [0.2, 0.25) is 0 Å². The minimum absolute atomic E-state index is 0.0457. The second-order valence-electron chi connectivity index (χ2n) is 6.86. The lowest BCUT2D eigenvalue weighted by Gasteiger charge is -2.43. The Kier molecular flexibility index (Phi) is 5.55. The summed E-state index contributed by atoms with van der Waals surface area (Å²) in [5.41, 5.74) is 0.821. The van der Waals surface area contributed by atoms with Crippen LogP contribution in [-0.2, 0) is 0 Å². The predicted molar refractivity (Wildman–Crippen MR) is 89.7 cm³/mol. The molecule has 0 radical (unpaired) electrons. The first kappa shape index (κ1) is 17.6. The van der Waals surface area contributed by atoms with Gasteiger partial charge in [-0.3, -0.25) is 9.59 Å². The van der Waals surface area contributed by atoms with Crippen molar-refractivity contribution < 1.29 is 14.7 Å². The van der Waals surface area contributed by atoms with Crippen molar-refractivity contribution in [2.45, 2.75) is 19.8 Å². The van der Waals surface area contributed by atoms with E-state index in [4.69, 9.17) is 0 Å². The van der Waals surface area contributed by atoms with E-state index < -0.39 is 0 Å². The van der Waals surface area contributed by atoms with E-state index in [1.54, 1.807) is 24.3 Å². The molecule has 5 heteroatoms. The quantitative estimate of drug-likeness (QED) is 0.839. The molecule has 1 heterocycles. The maximum Gasteiger partial charge on any atom is 0.253 e. The first-order valence-corrected chi connectivity index (χ1v) is 8.03. The molecule has 0 spiro atoms. The van der Waals surface area contributed by atoms with Gasteiger partial charge >= 0.3 is 0 Å². The van der Waals surface area contributed by atoms with Crippen molar-refractivity contribution in [2.75, 3.05) is 40.3 Å². The van der Waals surface area contributed by atoms with Crippen LogP contribution in [-0.4, -0.2) is 66.9 Å². The largest absolute Gasteiger partial charge is 0.396 e. The zero-order valence-electron chi connectivity index (χ0n) is 14.2. The van der Waals surface area contributed by atoms with E-state index >= 15 is 0 Å². The summed E-state index contributed by atoms with van der Waals surface area (Å²) in [6.07, 6.45) is 1.80. The Morgan fingerprint density at radius 3 is 2.61 bits per heavy atom. The second-order valence-corrected chi connectivity index (χ2v) is 6.86. The average Bonchev–Trinajstić information content (AvgIpc) is 2.53. The standard InChI is InChI=1S/C18H26N2O3/c1-14(22)15-6-4-7-16(10-15)17(23)20-9-5-8-18(12-20,13-21)11-19(2)3/h4,6-7,10,21H,5,8-9,11-13H2,1-3H3. The number of hydrogen-bond acceptors (Lipinski definition) is 4. The molecule has 1 saturated heterocycles. The number of hydrogen-bond donors (Lipinski definition) is 1. The van der Waals surface area contributed by atoms with Crippen molar-refractivity contribution in [2.24, 2.45) is 5.41 Å². The zero-order valence-corrected chi connectivity index (χ0v) is 14.2. The fraction of sp³-hybridized carbons (Fsp3) is 0.556. The molecule has 0 aromatic heterocycles. The van der Waals surface area contributed by atoms with Crippen LogP contribution in [0.4, 0.5) is 0 Å². The van der Waals surface area contributed by atoms with Gasteiger partial charge in [0.1, 0.15) is 0 Å². The van der Waals surface area contributed by atoms with Crippen molar-refractivity contribution in [1.29, 1.82) is 0 Å². The molecular weight excluding hydrogens is 292 g/mol. The molecule has 1 aliphatic rings. The van der Waals surface area contributed by atoms with Crippen LogP contribution in [0, 0.1) is 5.41 Å². The van der Waals surface area contributed by atoms with Crippen LogP contribution < -0.4 is 0 Å². The second kappa shape index (κ2) is 7.23. The molecular formula is C18H26N2O3. The summed E-state index contributed by atoms with van der Waals surface area (Å²) in [5, 5.41) is 9.87. The number of carbonyl (C=O) groups is 2. The maximum atomic E-state index is 12.8. The molecule has 1 atom stereocenters. The minimum atomic E-state index is -0.268. The first-order valence-electron chi connectivity index (χ1n) is 8.03. The van der Waals surface area contributed by atoms with Crippen LogP contribution in [0.1, 0.15) is 40.5 Å². The average molecular weight is 318 g/mol. The van der Waals surface area contributed by atoms with E-state index in [9.17, 15) is 14.7 Å². The lowest BCUT2D eigenvalue weighted by Crippen LogP contribution is -2.51. The first-order chi connectivity index (χ1) is 10.9. The van der Waals surface area contributed by atoms with Crippen LogP contribution in [0.15, 0.2) is 24.3 Å². The number of aliphatic hydroxyl groups is 1. The normalized spacial score (nSPS) is 21.5. The highest BCUT2D eigenvalue weighted by atomic mass is 16.3. The molecule has 1 amide bonds. The van der Waals surface area contributed by atoms with Gasteiger partial charge < -0.3 is 14.9 Å². The zero-order chi connectivity index (χ0) is 17.0. The van der Waals surface area contributed by atoms with E-state index in [1.165, 1.54) is 6.92 Å². The van der Waals surface area contributed by atoms with Gasteiger partial charge in [-0.1, -0.05) is 12.1 Å². The van der Waals surface area contributed by atoms with Gasteiger partial charge in [0.2, 0.25) is 0 Å². The van der Waals surface area contributed by atoms with E-state index in [2.05, 4.69) is 4.90 Å². The van der Waals surface area contributed by atoms with Gasteiger partial charge in [-0.2, -0.15) is 0 Å². The van der Waals surface area contributed by atoms with E-state index in [0.717, 1.165) is 19.4 Å². The van der Waals surface area contributed by atoms with Gasteiger partial charge in [0, 0.05) is 36.2 Å². The Morgan fingerprint density at radius 1 is 1.30 bits per heavy atom. The summed E-state index contributed by atoms with van der Waals surface area (Å²) in [7, 11) is 3.96.